The molecule has 0 spiro atoms. The Morgan fingerprint density at radius 1 is 1.25 bits per heavy atom. The third kappa shape index (κ3) is 5.00. The Hall–Kier alpha value is -3.55. The van der Waals surface area contributed by atoms with Gasteiger partial charge in [-0.05, 0) is 24.1 Å². The van der Waals surface area contributed by atoms with E-state index in [2.05, 4.69) is 15.4 Å². The summed E-state index contributed by atoms with van der Waals surface area (Å²) in [6.07, 6.45) is 4.47. The summed E-state index contributed by atoms with van der Waals surface area (Å²) >= 11 is 0. The number of nitrogens with zero attached hydrogens (tertiary/aromatic N) is 3. The van der Waals surface area contributed by atoms with Crippen molar-refractivity contribution in [1.82, 2.24) is 14.8 Å². The first-order valence-corrected chi connectivity index (χ1v) is 8.77. The van der Waals surface area contributed by atoms with E-state index in [-0.39, 0.29) is 17.5 Å². The van der Waals surface area contributed by atoms with Gasteiger partial charge in [0.05, 0.1) is 24.7 Å². The molecule has 3 rings (SSSR count). The van der Waals surface area contributed by atoms with Gasteiger partial charge in [-0.25, -0.2) is 13.9 Å². The van der Waals surface area contributed by atoms with E-state index >= 15 is 0 Å². The Bertz CT molecular complexity index is 1040. The molecular formula is C20H19FN4O3. The maximum absolute atomic E-state index is 13.4. The van der Waals surface area contributed by atoms with E-state index in [4.69, 9.17) is 4.74 Å². The number of amides is 1. The van der Waals surface area contributed by atoms with Gasteiger partial charge in [-0.2, -0.15) is 5.10 Å². The number of rotatable bonds is 6. The minimum atomic E-state index is -0.530. The van der Waals surface area contributed by atoms with E-state index in [9.17, 15) is 14.0 Å². The fourth-order valence-electron chi connectivity index (χ4n) is 2.54. The average Bonchev–Trinajstić information content (AvgIpc) is 2.68. The first kappa shape index (κ1) is 19.2. The second kappa shape index (κ2) is 8.90. The molecule has 1 aromatic carbocycles. The average molecular weight is 382 g/mol. The molecule has 0 radical (unpaired) electrons. The molecular weight excluding hydrogens is 363 g/mol. The molecule has 0 bridgehead atoms. The van der Waals surface area contributed by atoms with Crippen molar-refractivity contribution in [2.75, 3.05) is 11.9 Å². The summed E-state index contributed by atoms with van der Waals surface area (Å²) in [6, 6.07) is 9.72. The van der Waals surface area contributed by atoms with Crippen molar-refractivity contribution >= 4 is 11.8 Å². The van der Waals surface area contributed by atoms with Crippen molar-refractivity contribution in [3.63, 3.8) is 0 Å². The molecule has 7 nitrogen and oxygen atoms in total. The van der Waals surface area contributed by atoms with E-state index in [0.717, 1.165) is 18.2 Å². The molecule has 144 valence electrons. The highest BCUT2D eigenvalue weighted by Gasteiger charge is 2.08. The Kier molecular flexibility index (Phi) is 6.11. The smallest absolute Gasteiger partial charge is 0.411 e. The lowest BCUT2D eigenvalue weighted by atomic mass is 10.1. The van der Waals surface area contributed by atoms with Crippen molar-refractivity contribution in [3.8, 4) is 5.69 Å². The normalized spacial score (nSPS) is 10.5. The second-order valence-electron chi connectivity index (χ2n) is 6.07. The number of benzene rings is 1. The zero-order chi connectivity index (χ0) is 19.9. The minimum Gasteiger partial charge on any atom is -0.449 e. The van der Waals surface area contributed by atoms with E-state index < -0.39 is 11.9 Å². The number of halogens is 1. The van der Waals surface area contributed by atoms with Crippen molar-refractivity contribution in [3.05, 3.63) is 82.3 Å². The summed E-state index contributed by atoms with van der Waals surface area (Å²) in [5.41, 5.74) is 1.81. The van der Waals surface area contributed by atoms with Gasteiger partial charge in [0.25, 0.3) is 0 Å². The lowest BCUT2D eigenvalue weighted by Gasteiger charge is -2.09. The summed E-state index contributed by atoms with van der Waals surface area (Å²) in [7, 11) is 0. The second-order valence-corrected chi connectivity index (χ2v) is 6.07. The van der Waals surface area contributed by atoms with Crippen LogP contribution < -0.4 is 10.7 Å². The molecule has 3 aromatic rings. The van der Waals surface area contributed by atoms with Gasteiger partial charge in [0.1, 0.15) is 11.5 Å². The molecule has 0 atom stereocenters. The van der Waals surface area contributed by atoms with Crippen molar-refractivity contribution in [2.45, 2.75) is 19.8 Å². The summed E-state index contributed by atoms with van der Waals surface area (Å²) in [5.74, 6) is -0.492. The summed E-state index contributed by atoms with van der Waals surface area (Å²) in [4.78, 5) is 27.7. The van der Waals surface area contributed by atoms with Crippen LogP contribution in [0.5, 0.6) is 0 Å². The van der Waals surface area contributed by atoms with Crippen LogP contribution in [0.3, 0.4) is 0 Å². The SMILES string of the molecule is CCCOC(=O)Nc1cccc(Cc2nn(-c3cncc(F)c3)ccc2=O)c1. The van der Waals surface area contributed by atoms with E-state index in [1.54, 1.807) is 18.2 Å². The van der Waals surface area contributed by atoms with E-state index in [1.807, 2.05) is 13.0 Å². The number of carbonyl (C=O) groups excluding carboxylic acids is 1. The Morgan fingerprint density at radius 3 is 2.89 bits per heavy atom. The fraction of sp³-hybridized carbons (Fsp3) is 0.200. The van der Waals surface area contributed by atoms with Gasteiger partial charge in [-0.3, -0.25) is 15.1 Å². The maximum atomic E-state index is 13.4. The lowest BCUT2D eigenvalue weighted by Crippen LogP contribution is -2.17. The largest absolute Gasteiger partial charge is 0.449 e. The molecule has 2 aromatic heterocycles. The van der Waals surface area contributed by atoms with Crippen LogP contribution >= 0.6 is 0 Å². The van der Waals surface area contributed by atoms with Gasteiger partial charge >= 0.3 is 6.09 Å². The first-order valence-electron chi connectivity index (χ1n) is 8.77. The quantitative estimate of drug-likeness (QED) is 0.707. The number of aromatic nitrogens is 3. The van der Waals surface area contributed by atoms with Crippen LogP contribution in [0.4, 0.5) is 14.9 Å². The number of ether oxygens (including phenoxy) is 1. The predicted molar refractivity (Wildman–Crippen MR) is 102 cm³/mol. The minimum absolute atomic E-state index is 0.235. The molecule has 0 saturated carbocycles. The molecule has 0 aliphatic carbocycles. The van der Waals surface area contributed by atoms with Crippen LogP contribution in [0.1, 0.15) is 24.6 Å². The van der Waals surface area contributed by atoms with Gasteiger partial charge in [0, 0.05) is 30.4 Å². The highest BCUT2D eigenvalue weighted by atomic mass is 19.1. The van der Waals surface area contributed by atoms with Crippen LogP contribution in [0.2, 0.25) is 0 Å². The molecule has 1 amide bonds. The van der Waals surface area contributed by atoms with Gasteiger partial charge in [0.2, 0.25) is 5.43 Å². The van der Waals surface area contributed by atoms with Gasteiger partial charge in [-0.1, -0.05) is 19.1 Å². The summed E-state index contributed by atoms with van der Waals surface area (Å²) < 4.78 is 19.8. The fourth-order valence-corrected chi connectivity index (χ4v) is 2.54. The number of pyridine rings is 1. The molecule has 0 aliphatic rings. The highest BCUT2D eigenvalue weighted by Crippen LogP contribution is 2.14. The summed E-state index contributed by atoms with van der Waals surface area (Å²) in [6.45, 7) is 2.25. The van der Waals surface area contributed by atoms with Gasteiger partial charge in [0.15, 0.2) is 0 Å². The van der Waals surface area contributed by atoms with Crippen molar-refractivity contribution < 1.29 is 13.9 Å². The number of hydrogen-bond acceptors (Lipinski definition) is 5. The van der Waals surface area contributed by atoms with Gasteiger partial charge in [-0.15, -0.1) is 0 Å². The molecule has 28 heavy (non-hydrogen) atoms. The van der Waals surface area contributed by atoms with Crippen LogP contribution in [0, 0.1) is 5.82 Å². The standard InChI is InChI=1S/C20H19FN4O3/c1-2-8-28-20(27)23-16-5-3-4-14(9-16)10-18-19(26)6-7-25(24-18)17-11-15(21)12-22-13-17/h3-7,9,11-13H,2,8,10H2,1H3,(H,23,27). The number of anilines is 1. The van der Waals surface area contributed by atoms with Crippen LogP contribution in [-0.2, 0) is 11.2 Å². The van der Waals surface area contributed by atoms with Crippen LogP contribution in [-0.4, -0.2) is 27.5 Å². The Labute approximate surface area is 160 Å². The zero-order valence-electron chi connectivity index (χ0n) is 15.3. The molecule has 0 saturated heterocycles. The number of hydrogen-bond donors (Lipinski definition) is 1. The van der Waals surface area contributed by atoms with Crippen LogP contribution in [0.15, 0.2) is 59.8 Å². The molecule has 2 heterocycles. The lowest BCUT2D eigenvalue weighted by molar-refractivity contribution is 0.161. The van der Waals surface area contributed by atoms with E-state index in [0.29, 0.717) is 18.0 Å². The monoisotopic (exact) mass is 382 g/mol. The van der Waals surface area contributed by atoms with Gasteiger partial charge < -0.3 is 4.74 Å². The molecule has 8 heteroatoms. The molecule has 0 aliphatic heterocycles. The van der Waals surface area contributed by atoms with Crippen molar-refractivity contribution in [1.29, 1.82) is 0 Å². The third-order valence-electron chi connectivity index (χ3n) is 3.82. The number of carbonyl (C=O) groups is 1. The Balaban J connectivity index is 1.80. The molecule has 0 unspecified atom stereocenters. The zero-order valence-corrected chi connectivity index (χ0v) is 15.3. The van der Waals surface area contributed by atoms with Crippen molar-refractivity contribution in [2.24, 2.45) is 0 Å². The van der Waals surface area contributed by atoms with E-state index in [1.165, 1.54) is 29.2 Å². The third-order valence-corrected chi connectivity index (χ3v) is 3.82. The predicted octanol–water partition coefficient (Wildman–Crippen LogP) is 3.32. The highest BCUT2D eigenvalue weighted by molar-refractivity contribution is 5.84. The molecule has 0 fully saturated rings. The summed E-state index contributed by atoms with van der Waals surface area (Å²) in [5, 5.41) is 6.94. The topological polar surface area (TPSA) is 86.1 Å². The number of nitrogens with one attached hydrogen (secondary N) is 1. The van der Waals surface area contributed by atoms with Crippen LogP contribution in [0.25, 0.3) is 5.69 Å². The first-order chi connectivity index (χ1) is 13.5. The Morgan fingerprint density at radius 2 is 2.11 bits per heavy atom. The maximum Gasteiger partial charge on any atom is 0.411 e. The molecule has 1 N–H and O–H groups in total.